The van der Waals surface area contributed by atoms with Crippen LogP contribution in [0.15, 0.2) is 53.0 Å². The van der Waals surface area contributed by atoms with Crippen molar-refractivity contribution in [3.8, 4) is 0 Å². The molecule has 0 aliphatic carbocycles. The highest BCUT2D eigenvalue weighted by atomic mass is 79.9. The van der Waals surface area contributed by atoms with E-state index in [1.807, 2.05) is 0 Å². The first-order chi connectivity index (χ1) is 8.58. The molecule has 0 radical (unpaired) electrons. The van der Waals surface area contributed by atoms with Gasteiger partial charge in [-0.3, -0.25) is 4.79 Å². The molecule has 1 unspecified atom stereocenters. The SMILES string of the molecule is O=C(c1ccc(Br)cc1)C(O)c1ccc(F)cc1. The van der Waals surface area contributed by atoms with Crippen molar-refractivity contribution in [3.05, 3.63) is 69.9 Å². The fraction of sp³-hybridized carbons (Fsp3) is 0.0714. The molecule has 0 spiro atoms. The van der Waals surface area contributed by atoms with Crippen LogP contribution in [0.5, 0.6) is 0 Å². The van der Waals surface area contributed by atoms with E-state index in [9.17, 15) is 14.3 Å². The lowest BCUT2D eigenvalue weighted by molar-refractivity contribution is 0.0747. The number of ketones is 1. The molecule has 4 heteroatoms. The van der Waals surface area contributed by atoms with Gasteiger partial charge in [-0.1, -0.05) is 40.2 Å². The van der Waals surface area contributed by atoms with E-state index in [-0.39, 0.29) is 0 Å². The molecule has 0 heterocycles. The van der Waals surface area contributed by atoms with Crippen LogP contribution in [0.2, 0.25) is 0 Å². The van der Waals surface area contributed by atoms with Gasteiger partial charge < -0.3 is 5.11 Å². The number of carbonyl (C=O) groups is 1. The minimum atomic E-state index is -1.27. The van der Waals surface area contributed by atoms with E-state index < -0.39 is 17.7 Å². The number of hydrogen-bond acceptors (Lipinski definition) is 2. The molecular formula is C14H10BrFO2. The predicted molar refractivity (Wildman–Crippen MR) is 69.8 cm³/mol. The third kappa shape index (κ3) is 2.83. The Morgan fingerprint density at radius 1 is 1.06 bits per heavy atom. The Morgan fingerprint density at radius 2 is 1.61 bits per heavy atom. The number of benzene rings is 2. The highest BCUT2D eigenvalue weighted by Crippen LogP contribution is 2.20. The van der Waals surface area contributed by atoms with Gasteiger partial charge in [0.2, 0.25) is 0 Å². The maximum absolute atomic E-state index is 12.7. The fourth-order valence-electron chi connectivity index (χ4n) is 1.57. The first-order valence-electron chi connectivity index (χ1n) is 5.31. The number of aliphatic hydroxyl groups is 1. The van der Waals surface area contributed by atoms with Gasteiger partial charge in [-0.2, -0.15) is 0 Å². The summed E-state index contributed by atoms with van der Waals surface area (Å²) < 4.78 is 13.6. The lowest BCUT2D eigenvalue weighted by atomic mass is 10.0. The third-order valence-electron chi connectivity index (χ3n) is 2.56. The Balaban J connectivity index is 2.23. The van der Waals surface area contributed by atoms with Crippen LogP contribution < -0.4 is 0 Å². The van der Waals surface area contributed by atoms with Crippen molar-refractivity contribution < 1.29 is 14.3 Å². The van der Waals surface area contributed by atoms with Gasteiger partial charge in [0.1, 0.15) is 11.9 Å². The normalized spacial score (nSPS) is 12.2. The lowest BCUT2D eigenvalue weighted by Crippen LogP contribution is -2.12. The van der Waals surface area contributed by atoms with Crippen molar-refractivity contribution >= 4 is 21.7 Å². The maximum Gasteiger partial charge on any atom is 0.195 e. The van der Waals surface area contributed by atoms with Crippen molar-refractivity contribution in [3.63, 3.8) is 0 Å². The van der Waals surface area contributed by atoms with Crippen LogP contribution in [0, 0.1) is 5.82 Å². The Kier molecular flexibility index (Phi) is 3.89. The van der Waals surface area contributed by atoms with Gasteiger partial charge in [-0.05, 0) is 29.8 Å². The molecule has 0 aromatic heterocycles. The Morgan fingerprint density at radius 3 is 2.17 bits per heavy atom. The van der Waals surface area contributed by atoms with E-state index >= 15 is 0 Å². The second kappa shape index (κ2) is 5.42. The summed E-state index contributed by atoms with van der Waals surface area (Å²) in [5, 5.41) is 9.92. The number of aliphatic hydroxyl groups excluding tert-OH is 1. The zero-order valence-electron chi connectivity index (χ0n) is 9.31. The lowest BCUT2D eigenvalue weighted by Gasteiger charge is -2.10. The molecule has 92 valence electrons. The number of Topliss-reactive ketones (excluding diaryl/α,β-unsaturated/α-hetero) is 1. The largest absolute Gasteiger partial charge is 0.380 e. The molecule has 1 N–H and O–H groups in total. The molecule has 0 bridgehead atoms. The summed E-state index contributed by atoms with van der Waals surface area (Å²) in [6.07, 6.45) is -1.27. The summed E-state index contributed by atoms with van der Waals surface area (Å²) in [6.45, 7) is 0. The second-order valence-corrected chi connectivity index (χ2v) is 4.74. The van der Waals surface area contributed by atoms with Crippen LogP contribution in [0.25, 0.3) is 0 Å². The standard InChI is InChI=1S/C14H10BrFO2/c15-11-5-1-9(2-6-11)13(17)14(18)10-3-7-12(16)8-4-10/h1-8,14,18H. The average Bonchev–Trinajstić information content (AvgIpc) is 2.39. The first-order valence-corrected chi connectivity index (χ1v) is 6.10. The Labute approximate surface area is 112 Å². The molecule has 2 aromatic rings. The summed E-state index contributed by atoms with van der Waals surface area (Å²) in [4.78, 5) is 12.0. The van der Waals surface area contributed by atoms with Crippen LogP contribution >= 0.6 is 15.9 Å². The van der Waals surface area contributed by atoms with Crippen LogP contribution in [0.4, 0.5) is 4.39 Å². The quantitative estimate of drug-likeness (QED) is 0.881. The maximum atomic E-state index is 12.7. The zero-order chi connectivity index (χ0) is 13.1. The fourth-order valence-corrected chi connectivity index (χ4v) is 1.83. The van der Waals surface area contributed by atoms with Gasteiger partial charge in [-0.25, -0.2) is 4.39 Å². The molecule has 2 aromatic carbocycles. The molecule has 2 nitrogen and oxygen atoms in total. The van der Waals surface area contributed by atoms with Gasteiger partial charge in [-0.15, -0.1) is 0 Å². The van der Waals surface area contributed by atoms with Gasteiger partial charge in [0, 0.05) is 10.0 Å². The molecule has 0 aliphatic rings. The molecule has 18 heavy (non-hydrogen) atoms. The Hall–Kier alpha value is -1.52. The van der Waals surface area contributed by atoms with Crippen molar-refractivity contribution in [2.24, 2.45) is 0 Å². The third-order valence-corrected chi connectivity index (χ3v) is 3.09. The van der Waals surface area contributed by atoms with E-state index in [1.165, 1.54) is 24.3 Å². The van der Waals surface area contributed by atoms with Crippen molar-refractivity contribution in [1.82, 2.24) is 0 Å². The highest BCUT2D eigenvalue weighted by molar-refractivity contribution is 9.10. The monoisotopic (exact) mass is 308 g/mol. The van der Waals surface area contributed by atoms with Crippen LogP contribution in [-0.2, 0) is 0 Å². The first kappa shape index (κ1) is 12.9. The highest BCUT2D eigenvalue weighted by Gasteiger charge is 2.18. The Bertz CT molecular complexity index is 549. The van der Waals surface area contributed by atoms with Crippen molar-refractivity contribution in [2.75, 3.05) is 0 Å². The molecule has 0 fully saturated rings. The molecule has 0 saturated carbocycles. The van der Waals surface area contributed by atoms with Gasteiger partial charge in [0.15, 0.2) is 5.78 Å². The summed E-state index contributed by atoms with van der Waals surface area (Å²) in [7, 11) is 0. The molecular weight excluding hydrogens is 299 g/mol. The molecule has 2 rings (SSSR count). The summed E-state index contributed by atoms with van der Waals surface area (Å²) in [5.74, 6) is -0.809. The van der Waals surface area contributed by atoms with E-state index in [4.69, 9.17) is 0 Å². The average molecular weight is 309 g/mol. The van der Waals surface area contributed by atoms with E-state index in [0.717, 1.165) is 4.47 Å². The minimum Gasteiger partial charge on any atom is -0.380 e. The molecule has 0 amide bonds. The number of carbonyl (C=O) groups excluding carboxylic acids is 1. The number of rotatable bonds is 3. The van der Waals surface area contributed by atoms with E-state index in [1.54, 1.807) is 24.3 Å². The second-order valence-electron chi connectivity index (χ2n) is 3.83. The van der Waals surface area contributed by atoms with Crippen LogP contribution in [0.3, 0.4) is 0 Å². The number of halogens is 2. The van der Waals surface area contributed by atoms with Gasteiger partial charge in [0.25, 0.3) is 0 Å². The van der Waals surface area contributed by atoms with Crippen LogP contribution in [0.1, 0.15) is 22.0 Å². The smallest absolute Gasteiger partial charge is 0.195 e. The van der Waals surface area contributed by atoms with Crippen molar-refractivity contribution in [2.45, 2.75) is 6.10 Å². The number of hydrogen-bond donors (Lipinski definition) is 1. The summed E-state index contributed by atoms with van der Waals surface area (Å²) in [6, 6.07) is 11.9. The predicted octanol–water partition coefficient (Wildman–Crippen LogP) is 3.50. The molecule has 0 aliphatic heterocycles. The minimum absolute atomic E-state index is 0.379. The van der Waals surface area contributed by atoms with Crippen LogP contribution in [-0.4, -0.2) is 10.9 Å². The molecule has 1 atom stereocenters. The molecule has 0 saturated heterocycles. The summed E-state index contributed by atoms with van der Waals surface area (Å²) >= 11 is 3.27. The van der Waals surface area contributed by atoms with Crippen molar-refractivity contribution in [1.29, 1.82) is 0 Å². The summed E-state index contributed by atoms with van der Waals surface area (Å²) in [5.41, 5.74) is 0.791. The van der Waals surface area contributed by atoms with Gasteiger partial charge in [0.05, 0.1) is 0 Å². The van der Waals surface area contributed by atoms with E-state index in [2.05, 4.69) is 15.9 Å². The topological polar surface area (TPSA) is 37.3 Å². The zero-order valence-corrected chi connectivity index (χ0v) is 10.9. The van der Waals surface area contributed by atoms with Gasteiger partial charge >= 0.3 is 0 Å². The van der Waals surface area contributed by atoms with E-state index in [0.29, 0.717) is 11.1 Å².